The normalized spacial score (nSPS) is 15.1. The highest BCUT2D eigenvalue weighted by Gasteiger charge is 2.35. The van der Waals surface area contributed by atoms with Crippen LogP contribution in [-0.4, -0.2) is 26.4 Å². The number of nitrogens with zero attached hydrogens (tertiary/aromatic N) is 3. The van der Waals surface area contributed by atoms with Gasteiger partial charge < -0.3 is 4.57 Å². The first kappa shape index (κ1) is 24.0. The molecule has 1 N–H and O–H groups in total. The van der Waals surface area contributed by atoms with Crippen molar-refractivity contribution in [2.45, 2.75) is 34.6 Å². The van der Waals surface area contributed by atoms with Crippen LogP contribution >= 0.6 is 12.2 Å². The molecule has 1 fully saturated rings. The molecule has 0 saturated carbocycles. The number of aryl methyl sites for hydroxylation is 3. The summed E-state index contributed by atoms with van der Waals surface area (Å²) in [5.41, 5.74) is 5.85. The van der Waals surface area contributed by atoms with Crippen molar-refractivity contribution in [3.63, 3.8) is 0 Å². The Morgan fingerprint density at radius 3 is 2.40 bits per heavy atom. The van der Waals surface area contributed by atoms with Crippen LogP contribution in [0.1, 0.15) is 33.6 Å². The Balaban J connectivity index is 1.80. The van der Waals surface area contributed by atoms with Crippen LogP contribution in [0.25, 0.3) is 11.8 Å². The quantitative estimate of drug-likeness (QED) is 0.188. The van der Waals surface area contributed by atoms with Gasteiger partial charge in [0, 0.05) is 23.0 Å². The minimum Gasteiger partial charge on any atom is -0.318 e. The summed E-state index contributed by atoms with van der Waals surface area (Å²) in [5.74, 6) is -1.08. The van der Waals surface area contributed by atoms with Gasteiger partial charge in [-0.25, -0.2) is 0 Å². The third-order valence-corrected chi connectivity index (χ3v) is 6.62. The third-order valence-electron chi connectivity index (χ3n) is 6.34. The van der Waals surface area contributed by atoms with Crippen molar-refractivity contribution in [1.29, 1.82) is 0 Å². The Kier molecular flexibility index (Phi) is 6.12. The fourth-order valence-corrected chi connectivity index (χ4v) is 4.55. The Hall–Kier alpha value is -4.11. The van der Waals surface area contributed by atoms with Gasteiger partial charge in [-0.1, -0.05) is 18.2 Å². The maximum Gasteiger partial charge on any atom is 0.274 e. The smallest absolute Gasteiger partial charge is 0.274 e. The zero-order valence-electron chi connectivity index (χ0n) is 20.0. The predicted molar refractivity (Wildman–Crippen MR) is 139 cm³/mol. The highest BCUT2D eigenvalue weighted by atomic mass is 32.1. The van der Waals surface area contributed by atoms with Gasteiger partial charge in [-0.05, 0) is 87.8 Å². The lowest BCUT2D eigenvalue weighted by Gasteiger charge is -2.30. The molecule has 0 radical (unpaired) electrons. The van der Waals surface area contributed by atoms with Crippen LogP contribution < -0.4 is 10.2 Å². The number of hydrogen-bond donors (Lipinski definition) is 1. The number of anilines is 1. The van der Waals surface area contributed by atoms with E-state index in [4.69, 9.17) is 12.2 Å². The molecule has 3 aromatic rings. The summed E-state index contributed by atoms with van der Waals surface area (Å²) in [5, 5.41) is 14.1. The molecule has 2 heterocycles. The minimum atomic E-state index is -0.572. The molecule has 178 valence electrons. The molecular weight excluding hydrogens is 464 g/mol. The van der Waals surface area contributed by atoms with E-state index in [0.717, 1.165) is 22.5 Å². The first-order valence-electron chi connectivity index (χ1n) is 10.9. The number of nitrogens with one attached hydrogen (secondary N) is 1. The summed E-state index contributed by atoms with van der Waals surface area (Å²) >= 11 is 5.33. The van der Waals surface area contributed by atoms with Crippen LogP contribution in [0.3, 0.4) is 0 Å². The average Bonchev–Trinajstić information content (AvgIpc) is 3.07. The molecule has 0 aliphatic carbocycles. The lowest BCUT2D eigenvalue weighted by molar-refractivity contribution is -0.385. The number of rotatable bonds is 4. The van der Waals surface area contributed by atoms with Crippen LogP contribution in [0, 0.1) is 44.7 Å². The second kappa shape index (κ2) is 8.92. The van der Waals surface area contributed by atoms with Gasteiger partial charge in [-0.15, -0.1) is 0 Å². The number of aromatic nitrogens is 1. The van der Waals surface area contributed by atoms with Crippen molar-refractivity contribution in [3.8, 4) is 5.69 Å². The maximum absolute atomic E-state index is 13.5. The first-order valence-corrected chi connectivity index (χ1v) is 11.3. The summed E-state index contributed by atoms with van der Waals surface area (Å²) in [6, 6.07) is 12.4. The van der Waals surface area contributed by atoms with Gasteiger partial charge in [0.15, 0.2) is 5.11 Å². The lowest BCUT2D eigenvalue weighted by atomic mass is 10.0. The molecule has 0 unspecified atom stereocenters. The summed E-state index contributed by atoms with van der Waals surface area (Å²) in [4.78, 5) is 38.6. The van der Waals surface area contributed by atoms with Crippen molar-refractivity contribution in [3.05, 3.63) is 91.8 Å². The number of benzene rings is 2. The summed E-state index contributed by atoms with van der Waals surface area (Å²) in [6.45, 7) is 9.22. The molecule has 2 amide bonds. The Bertz CT molecular complexity index is 1470. The van der Waals surface area contributed by atoms with Crippen LogP contribution in [0.5, 0.6) is 0 Å². The largest absolute Gasteiger partial charge is 0.318 e. The van der Waals surface area contributed by atoms with Crippen molar-refractivity contribution in [1.82, 2.24) is 9.88 Å². The van der Waals surface area contributed by atoms with E-state index in [1.165, 1.54) is 11.0 Å². The van der Waals surface area contributed by atoms with E-state index >= 15 is 0 Å². The second-order valence-electron chi connectivity index (χ2n) is 8.57. The highest BCUT2D eigenvalue weighted by Crippen LogP contribution is 2.30. The number of nitro groups is 1. The maximum atomic E-state index is 13.5. The molecular formula is C26H24N4O4S. The molecule has 8 nitrogen and oxygen atoms in total. The SMILES string of the molecule is Cc1ccc(-n2c(C)cc(/C=C3\C(=O)NC(=S)N(c4cccc(C)c4C)C3=O)c2C)cc1[N+](=O)[O-]. The highest BCUT2D eigenvalue weighted by molar-refractivity contribution is 7.80. The van der Waals surface area contributed by atoms with Gasteiger partial charge in [0.1, 0.15) is 5.57 Å². The van der Waals surface area contributed by atoms with Crippen molar-refractivity contribution >= 4 is 46.6 Å². The minimum absolute atomic E-state index is 0.0226. The molecule has 1 aliphatic heterocycles. The number of carbonyl (C=O) groups is 2. The zero-order valence-corrected chi connectivity index (χ0v) is 20.8. The molecule has 4 rings (SSSR count). The summed E-state index contributed by atoms with van der Waals surface area (Å²) < 4.78 is 1.86. The molecule has 0 atom stereocenters. The summed E-state index contributed by atoms with van der Waals surface area (Å²) in [6.07, 6.45) is 1.54. The van der Waals surface area contributed by atoms with Gasteiger partial charge in [-0.2, -0.15) is 0 Å². The van der Waals surface area contributed by atoms with E-state index in [2.05, 4.69) is 5.32 Å². The zero-order chi connectivity index (χ0) is 25.6. The van der Waals surface area contributed by atoms with Crippen molar-refractivity contribution in [2.24, 2.45) is 0 Å². The number of amides is 2. The number of thiocarbonyl (C=S) groups is 1. The van der Waals surface area contributed by atoms with Crippen LogP contribution in [0.4, 0.5) is 11.4 Å². The van der Waals surface area contributed by atoms with Gasteiger partial charge >= 0.3 is 0 Å². The molecule has 0 bridgehead atoms. The predicted octanol–water partition coefficient (Wildman–Crippen LogP) is 4.76. The fourth-order valence-electron chi connectivity index (χ4n) is 4.27. The van der Waals surface area contributed by atoms with Gasteiger partial charge in [0.05, 0.1) is 16.3 Å². The number of carbonyl (C=O) groups excluding carboxylic acids is 2. The molecule has 1 saturated heterocycles. The summed E-state index contributed by atoms with van der Waals surface area (Å²) in [7, 11) is 0. The van der Waals surface area contributed by atoms with Crippen molar-refractivity contribution < 1.29 is 14.5 Å². The Labute approximate surface area is 208 Å². The Morgan fingerprint density at radius 2 is 1.71 bits per heavy atom. The van der Waals surface area contributed by atoms with E-state index < -0.39 is 16.7 Å². The fraction of sp³-hybridized carbons (Fsp3) is 0.192. The van der Waals surface area contributed by atoms with E-state index in [0.29, 0.717) is 22.5 Å². The number of hydrogen-bond acceptors (Lipinski definition) is 5. The molecule has 1 aromatic heterocycles. The molecule has 2 aromatic carbocycles. The first-order chi connectivity index (χ1) is 16.5. The topological polar surface area (TPSA) is 97.5 Å². The average molecular weight is 489 g/mol. The van der Waals surface area contributed by atoms with E-state index in [1.807, 2.05) is 50.5 Å². The molecule has 0 spiro atoms. The van der Waals surface area contributed by atoms with Crippen LogP contribution in [0.15, 0.2) is 48.0 Å². The van der Waals surface area contributed by atoms with Crippen LogP contribution in [-0.2, 0) is 9.59 Å². The second-order valence-corrected chi connectivity index (χ2v) is 8.95. The van der Waals surface area contributed by atoms with Gasteiger partial charge in [0.25, 0.3) is 17.5 Å². The molecule has 9 heteroatoms. The lowest BCUT2D eigenvalue weighted by Crippen LogP contribution is -2.54. The van der Waals surface area contributed by atoms with Crippen LogP contribution in [0.2, 0.25) is 0 Å². The number of nitro benzene ring substituents is 1. The van der Waals surface area contributed by atoms with E-state index in [-0.39, 0.29) is 16.4 Å². The van der Waals surface area contributed by atoms with Gasteiger partial charge in [-0.3, -0.25) is 29.9 Å². The standard InChI is InChI=1S/C26H24N4O4S/c1-14-7-6-8-22(17(14)4)29-25(32)21(24(31)27-26(29)35)12-19-11-16(3)28(18(19)5)20-10-9-15(2)23(13-20)30(33)34/h6-13H,1-5H3,(H,27,31,35)/b21-12+. The van der Waals surface area contributed by atoms with Crippen molar-refractivity contribution in [2.75, 3.05) is 4.90 Å². The van der Waals surface area contributed by atoms with Gasteiger partial charge in [0.2, 0.25) is 0 Å². The Morgan fingerprint density at radius 1 is 1.00 bits per heavy atom. The molecule has 35 heavy (non-hydrogen) atoms. The van der Waals surface area contributed by atoms with E-state index in [1.54, 1.807) is 31.2 Å². The molecule has 1 aliphatic rings. The monoisotopic (exact) mass is 488 g/mol. The third kappa shape index (κ3) is 4.15. The van der Waals surface area contributed by atoms with E-state index in [9.17, 15) is 19.7 Å².